The molecule has 0 unspecified atom stereocenters. The first kappa shape index (κ1) is 4.77. The van der Waals surface area contributed by atoms with Crippen LogP contribution in [0.5, 0.6) is 0 Å². The number of hydrogen-bond acceptors (Lipinski definition) is 4. The van der Waals surface area contributed by atoms with Crippen LogP contribution in [0.25, 0.3) is 0 Å². The molecule has 0 aliphatic carbocycles. The number of hydrogen-bond donors (Lipinski definition) is 2. The van der Waals surface area contributed by atoms with Crippen molar-refractivity contribution in [1.82, 2.24) is 9.44 Å². The minimum atomic E-state index is 1.02. The summed E-state index contributed by atoms with van der Waals surface area (Å²) in [4.78, 5) is 0. The van der Waals surface area contributed by atoms with Crippen LogP contribution < -0.4 is 9.44 Å². The molecule has 0 radical (unpaired) electrons. The van der Waals surface area contributed by atoms with Gasteiger partial charge in [0.05, 0.1) is 11.8 Å². The SMILES string of the molecule is C1NSCNS1. The molecule has 1 aliphatic heterocycles. The first-order chi connectivity index (χ1) is 3.00. The van der Waals surface area contributed by atoms with Crippen LogP contribution in [0.4, 0.5) is 0 Å². The molecule has 1 fully saturated rings. The van der Waals surface area contributed by atoms with Crippen LogP contribution in [0.3, 0.4) is 0 Å². The fraction of sp³-hybridized carbons (Fsp3) is 1.00. The van der Waals surface area contributed by atoms with E-state index in [1.807, 2.05) is 0 Å². The lowest BCUT2D eigenvalue weighted by molar-refractivity contribution is 1.12. The summed E-state index contributed by atoms with van der Waals surface area (Å²) in [5, 5.41) is 0. The highest BCUT2D eigenvalue weighted by molar-refractivity contribution is 8.03. The van der Waals surface area contributed by atoms with Gasteiger partial charge in [0, 0.05) is 0 Å². The van der Waals surface area contributed by atoms with Crippen LogP contribution in [0, 0.1) is 0 Å². The zero-order valence-corrected chi connectivity index (χ0v) is 4.86. The highest BCUT2D eigenvalue weighted by Crippen LogP contribution is 2.02. The van der Waals surface area contributed by atoms with Crippen molar-refractivity contribution in [2.75, 3.05) is 11.8 Å². The van der Waals surface area contributed by atoms with Gasteiger partial charge in [-0.3, -0.25) is 9.44 Å². The number of nitrogens with one attached hydrogen (secondary N) is 2. The molecule has 4 heteroatoms. The summed E-state index contributed by atoms with van der Waals surface area (Å²) < 4.78 is 6.20. The van der Waals surface area contributed by atoms with Crippen LogP contribution in [-0.4, -0.2) is 11.8 Å². The van der Waals surface area contributed by atoms with Crippen LogP contribution >= 0.6 is 23.9 Å². The minimum absolute atomic E-state index is 1.02. The van der Waals surface area contributed by atoms with Crippen LogP contribution in [0.1, 0.15) is 0 Å². The normalized spacial score (nSPS) is 24.0. The third-order valence-electron chi connectivity index (χ3n) is 0.466. The maximum atomic E-state index is 3.10. The van der Waals surface area contributed by atoms with Crippen LogP contribution in [-0.2, 0) is 0 Å². The Kier molecular flexibility index (Phi) is 2.18. The van der Waals surface area contributed by atoms with E-state index in [1.54, 1.807) is 23.9 Å². The average molecular weight is 122 g/mol. The summed E-state index contributed by atoms with van der Waals surface area (Å²) in [5.41, 5.74) is 0. The van der Waals surface area contributed by atoms with Gasteiger partial charge in [0.25, 0.3) is 0 Å². The summed E-state index contributed by atoms with van der Waals surface area (Å²) in [6.07, 6.45) is 0. The lowest BCUT2D eigenvalue weighted by atomic mass is 11.5. The second-order valence-electron chi connectivity index (χ2n) is 0.866. The Morgan fingerprint density at radius 2 is 1.50 bits per heavy atom. The van der Waals surface area contributed by atoms with E-state index in [-0.39, 0.29) is 0 Å². The molecule has 2 nitrogen and oxygen atoms in total. The van der Waals surface area contributed by atoms with Gasteiger partial charge in [0.1, 0.15) is 0 Å². The highest BCUT2D eigenvalue weighted by Gasteiger charge is 1.93. The maximum Gasteiger partial charge on any atom is 0.0662 e. The smallest absolute Gasteiger partial charge is 0.0662 e. The fourth-order valence-electron chi connectivity index (χ4n) is 0.244. The van der Waals surface area contributed by atoms with Gasteiger partial charge >= 0.3 is 0 Å². The standard InChI is InChI=1S/C2H6N2S2/c1-3-6-2-4-5-1/h3-4H,1-2H2. The molecule has 1 aliphatic rings. The molecule has 2 N–H and O–H groups in total. The zero-order chi connectivity index (χ0) is 4.24. The van der Waals surface area contributed by atoms with E-state index in [9.17, 15) is 0 Å². The third kappa shape index (κ3) is 1.38. The van der Waals surface area contributed by atoms with E-state index in [2.05, 4.69) is 9.44 Å². The molecular weight excluding hydrogens is 116 g/mol. The molecule has 6 heavy (non-hydrogen) atoms. The quantitative estimate of drug-likeness (QED) is 0.454. The second kappa shape index (κ2) is 2.74. The topological polar surface area (TPSA) is 24.1 Å². The van der Waals surface area contributed by atoms with Crippen molar-refractivity contribution >= 4 is 23.9 Å². The lowest BCUT2D eigenvalue weighted by Crippen LogP contribution is -2.18. The summed E-state index contributed by atoms with van der Waals surface area (Å²) in [6.45, 7) is 0. The Morgan fingerprint density at radius 1 is 1.00 bits per heavy atom. The Labute approximate surface area is 45.7 Å². The van der Waals surface area contributed by atoms with Gasteiger partial charge in [-0.05, 0) is 0 Å². The minimum Gasteiger partial charge on any atom is -0.252 e. The van der Waals surface area contributed by atoms with Gasteiger partial charge in [-0.25, -0.2) is 0 Å². The van der Waals surface area contributed by atoms with Crippen molar-refractivity contribution in [1.29, 1.82) is 0 Å². The molecule has 36 valence electrons. The van der Waals surface area contributed by atoms with Gasteiger partial charge in [-0.1, -0.05) is 23.9 Å². The van der Waals surface area contributed by atoms with E-state index in [1.165, 1.54) is 0 Å². The average Bonchev–Trinajstić information content (AvgIpc) is 1.72. The van der Waals surface area contributed by atoms with Crippen LogP contribution in [0.2, 0.25) is 0 Å². The van der Waals surface area contributed by atoms with Crippen molar-refractivity contribution in [3.63, 3.8) is 0 Å². The van der Waals surface area contributed by atoms with E-state index < -0.39 is 0 Å². The van der Waals surface area contributed by atoms with Gasteiger partial charge in [0.2, 0.25) is 0 Å². The predicted molar refractivity (Wildman–Crippen MR) is 31.2 cm³/mol. The van der Waals surface area contributed by atoms with E-state index >= 15 is 0 Å². The Bertz CT molecular complexity index is 25.0. The van der Waals surface area contributed by atoms with Crippen LogP contribution in [0.15, 0.2) is 0 Å². The monoisotopic (exact) mass is 122 g/mol. The van der Waals surface area contributed by atoms with Crippen molar-refractivity contribution in [3.05, 3.63) is 0 Å². The molecule has 0 aromatic carbocycles. The maximum absolute atomic E-state index is 3.10. The first-order valence-corrected chi connectivity index (χ1v) is 3.66. The van der Waals surface area contributed by atoms with Crippen molar-refractivity contribution < 1.29 is 0 Å². The molecule has 0 saturated carbocycles. The van der Waals surface area contributed by atoms with Gasteiger partial charge in [-0.2, -0.15) is 0 Å². The Morgan fingerprint density at radius 3 is 1.67 bits per heavy atom. The zero-order valence-electron chi connectivity index (χ0n) is 3.23. The lowest BCUT2D eigenvalue weighted by Gasteiger charge is -2.09. The van der Waals surface area contributed by atoms with Crippen molar-refractivity contribution in [2.45, 2.75) is 0 Å². The molecule has 1 heterocycles. The Hall–Kier alpha value is 0.620. The summed E-state index contributed by atoms with van der Waals surface area (Å²) >= 11 is 3.43. The molecule has 0 atom stereocenters. The van der Waals surface area contributed by atoms with Gasteiger partial charge in [-0.15, -0.1) is 0 Å². The molecule has 0 amide bonds. The highest BCUT2D eigenvalue weighted by atomic mass is 32.2. The molecule has 1 saturated heterocycles. The predicted octanol–water partition coefficient (Wildman–Crippen LogP) is 0.391. The molecule has 0 spiro atoms. The summed E-state index contributed by atoms with van der Waals surface area (Å²) in [6, 6.07) is 0. The largest absolute Gasteiger partial charge is 0.252 e. The van der Waals surface area contributed by atoms with Gasteiger partial charge < -0.3 is 0 Å². The van der Waals surface area contributed by atoms with E-state index in [0.29, 0.717) is 0 Å². The Balaban J connectivity index is 2.00. The molecule has 0 aromatic heterocycles. The molecule has 0 aromatic rings. The van der Waals surface area contributed by atoms with Gasteiger partial charge in [0.15, 0.2) is 0 Å². The summed E-state index contributed by atoms with van der Waals surface area (Å²) in [5.74, 6) is 2.04. The molecular formula is C2H6N2S2. The first-order valence-electron chi connectivity index (χ1n) is 1.69. The van der Waals surface area contributed by atoms with E-state index in [0.717, 1.165) is 11.8 Å². The third-order valence-corrected chi connectivity index (χ3v) is 2.11. The van der Waals surface area contributed by atoms with E-state index in [4.69, 9.17) is 0 Å². The molecule has 0 bridgehead atoms. The second-order valence-corrected chi connectivity index (χ2v) is 2.60. The number of rotatable bonds is 0. The summed E-state index contributed by atoms with van der Waals surface area (Å²) in [7, 11) is 0. The fourth-order valence-corrected chi connectivity index (χ4v) is 1.59. The van der Waals surface area contributed by atoms with Crippen molar-refractivity contribution in [2.24, 2.45) is 0 Å². The molecule has 1 rings (SSSR count). The van der Waals surface area contributed by atoms with Crippen molar-refractivity contribution in [3.8, 4) is 0 Å².